The molecular weight excluding hydrogens is 296 g/mol. The quantitative estimate of drug-likeness (QED) is 0.799. The summed E-state index contributed by atoms with van der Waals surface area (Å²) in [5, 5.41) is 0. The first-order chi connectivity index (χ1) is 11.0. The molecule has 1 aliphatic heterocycles. The number of aromatic nitrogens is 3. The third-order valence-corrected chi connectivity index (χ3v) is 4.56. The summed E-state index contributed by atoms with van der Waals surface area (Å²) in [6.45, 7) is 2.57. The van der Waals surface area contributed by atoms with E-state index in [0.29, 0.717) is 19.8 Å². The Hall–Kier alpha value is -2.12. The van der Waals surface area contributed by atoms with Crippen molar-refractivity contribution < 1.29 is 4.74 Å². The molecule has 0 spiro atoms. The van der Waals surface area contributed by atoms with Crippen molar-refractivity contribution in [1.82, 2.24) is 18.6 Å². The molecule has 0 amide bonds. The number of nitrogens with zero attached hydrogens (tertiary/aromatic N) is 4. The molecule has 0 N–H and O–H groups in total. The Labute approximate surface area is 134 Å². The number of aryl methyl sites for hydroxylation is 1. The zero-order valence-corrected chi connectivity index (χ0v) is 13.7. The minimum absolute atomic E-state index is 0.114. The number of morpholine rings is 1. The SMILES string of the molecule is Cn1cccc1[C@H]1COCCN1Cc1cc(=O)n(C)c(=O)n1C. The Morgan fingerprint density at radius 3 is 2.70 bits per heavy atom. The van der Waals surface area contributed by atoms with Gasteiger partial charge in [0.25, 0.3) is 5.56 Å². The maximum atomic E-state index is 12.1. The zero-order valence-electron chi connectivity index (χ0n) is 13.7. The Balaban J connectivity index is 1.93. The molecule has 0 aromatic carbocycles. The molecule has 0 bridgehead atoms. The largest absolute Gasteiger partial charge is 0.378 e. The Morgan fingerprint density at radius 1 is 1.22 bits per heavy atom. The van der Waals surface area contributed by atoms with Gasteiger partial charge < -0.3 is 9.30 Å². The highest BCUT2D eigenvalue weighted by Gasteiger charge is 2.27. The third kappa shape index (κ3) is 2.89. The molecule has 1 aliphatic rings. The summed E-state index contributed by atoms with van der Waals surface area (Å²) in [6.07, 6.45) is 2.01. The average molecular weight is 318 g/mol. The van der Waals surface area contributed by atoms with Crippen molar-refractivity contribution in [2.75, 3.05) is 19.8 Å². The summed E-state index contributed by atoms with van der Waals surface area (Å²) in [5.74, 6) is 0. The summed E-state index contributed by atoms with van der Waals surface area (Å²) in [5.41, 5.74) is 1.32. The first-order valence-corrected chi connectivity index (χ1v) is 7.68. The van der Waals surface area contributed by atoms with Crippen molar-refractivity contribution >= 4 is 0 Å². The van der Waals surface area contributed by atoms with Crippen LogP contribution in [0.15, 0.2) is 34.0 Å². The van der Waals surface area contributed by atoms with E-state index in [9.17, 15) is 9.59 Å². The topological polar surface area (TPSA) is 61.4 Å². The molecule has 3 heterocycles. The highest BCUT2D eigenvalue weighted by Crippen LogP contribution is 2.25. The number of hydrogen-bond donors (Lipinski definition) is 0. The number of hydrogen-bond acceptors (Lipinski definition) is 4. The van der Waals surface area contributed by atoms with Crippen molar-refractivity contribution in [1.29, 1.82) is 0 Å². The van der Waals surface area contributed by atoms with Crippen LogP contribution in [-0.4, -0.2) is 38.4 Å². The van der Waals surface area contributed by atoms with Crippen LogP contribution in [0.3, 0.4) is 0 Å². The van der Waals surface area contributed by atoms with Crippen molar-refractivity contribution in [2.24, 2.45) is 21.1 Å². The Morgan fingerprint density at radius 2 is 2.00 bits per heavy atom. The predicted molar refractivity (Wildman–Crippen MR) is 86.3 cm³/mol. The Bertz CT molecular complexity index is 817. The second kappa shape index (κ2) is 6.17. The van der Waals surface area contributed by atoms with Gasteiger partial charge in [-0.25, -0.2) is 4.79 Å². The monoisotopic (exact) mass is 318 g/mol. The standard InChI is InChI=1S/C16H22N4O3/c1-17-6-4-5-13(17)14-11-23-8-7-20(14)10-12-9-15(21)19(3)16(22)18(12)2/h4-6,9,14H,7-8,10-11H2,1-3H3/t14-/m1/s1. The van der Waals surface area contributed by atoms with E-state index >= 15 is 0 Å². The molecule has 1 fully saturated rings. The molecule has 0 radical (unpaired) electrons. The van der Waals surface area contributed by atoms with Gasteiger partial charge in [-0.2, -0.15) is 0 Å². The molecule has 23 heavy (non-hydrogen) atoms. The summed E-state index contributed by atoms with van der Waals surface area (Å²) in [7, 11) is 5.21. The van der Waals surface area contributed by atoms with Gasteiger partial charge in [-0.1, -0.05) is 0 Å². The fourth-order valence-corrected chi connectivity index (χ4v) is 3.06. The van der Waals surface area contributed by atoms with Crippen molar-refractivity contribution in [3.05, 3.63) is 56.6 Å². The normalized spacial score (nSPS) is 19.2. The van der Waals surface area contributed by atoms with E-state index in [1.54, 1.807) is 17.7 Å². The molecule has 0 unspecified atom stereocenters. The van der Waals surface area contributed by atoms with Gasteiger partial charge in [-0.3, -0.25) is 18.8 Å². The summed E-state index contributed by atoms with van der Waals surface area (Å²) in [6, 6.07) is 5.74. The maximum absolute atomic E-state index is 12.1. The summed E-state index contributed by atoms with van der Waals surface area (Å²) in [4.78, 5) is 26.3. The van der Waals surface area contributed by atoms with Gasteiger partial charge in [0.1, 0.15) is 0 Å². The lowest BCUT2D eigenvalue weighted by Gasteiger charge is -2.36. The van der Waals surface area contributed by atoms with Crippen LogP contribution in [0.2, 0.25) is 0 Å². The van der Waals surface area contributed by atoms with E-state index in [1.165, 1.54) is 12.7 Å². The molecule has 7 heteroatoms. The lowest BCUT2D eigenvalue weighted by molar-refractivity contribution is -0.0162. The van der Waals surface area contributed by atoms with Gasteiger partial charge in [0.2, 0.25) is 0 Å². The molecule has 3 rings (SSSR count). The van der Waals surface area contributed by atoms with Crippen molar-refractivity contribution in [3.8, 4) is 0 Å². The van der Waals surface area contributed by atoms with E-state index in [0.717, 1.165) is 16.8 Å². The lowest BCUT2D eigenvalue weighted by Crippen LogP contribution is -2.43. The fourth-order valence-electron chi connectivity index (χ4n) is 3.06. The lowest BCUT2D eigenvalue weighted by atomic mass is 10.1. The molecule has 124 valence electrons. The minimum atomic E-state index is -0.295. The molecule has 2 aromatic heterocycles. The molecular formula is C16H22N4O3. The van der Waals surface area contributed by atoms with E-state index in [-0.39, 0.29) is 17.3 Å². The van der Waals surface area contributed by atoms with Crippen LogP contribution in [0.1, 0.15) is 17.4 Å². The highest BCUT2D eigenvalue weighted by atomic mass is 16.5. The first-order valence-electron chi connectivity index (χ1n) is 7.68. The number of ether oxygens (including phenoxy) is 1. The van der Waals surface area contributed by atoms with Crippen LogP contribution in [0.4, 0.5) is 0 Å². The number of rotatable bonds is 3. The van der Waals surface area contributed by atoms with Gasteiger partial charge in [0, 0.05) is 57.9 Å². The summed E-state index contributed by atoms with van der Waals surface area (Å²) < 4.78 is 10.4. The molecule has 1 saturated heterocycles. The predicted octanol–water partition coefficient (Wildman–Crippen LogP) is -0.00400. The maximum Gasteiger partial charge on any atom is 0.330 e. The van der Waals surface area contributed by atoms with Crippen LogP contribution in [0.5, 0.6) is 0 Å². The van der Waals surface area contributed by atoms with Gasteiger partial charge >= 0.3 is 5.69 Å². The first kappa shape index (κ1) is 15.8. The van der Waals surface area contributed by atoms with Gasteiger partial charge in [0.05, 0.1) is 19.3 Å². The fraction of sp³-hybridized carbons (Fsp3) is 0.500. The highest BCUT2D eigenvalue weighted by molar-refractivity contribution is 5.13. The van der Waals surface area contributed by atoms with Crippen molar-refractivity contribution in [2.45, 2.75) is 12.6 Å². The van der Waals surface area contributed by atoms with Crippen LogP contribution in [0.25, 0.3) is 0 Å². The van der Waals surface area contributed by atoms with E-state index < -0.39 is 0 Å². The minimum Gasteiger partial charge on any atom is -0.378 e. The second-order valence-electron chi connectivity index (χ2n) is 5.98. The molecule has 2 aromatic rings. The van der Waals surface area contributed by atoms with Crippen LogP contribution >= 0.6 is 0 Å². The van der Waals surface area contributed by atoms with Crippen LogP contribution in [0, 0.1) is 0 Å². The van der Waals surface area contributed by atoms with Crippen LogP contribution in [-0.2, 0) is 32.4 Å². The zero-order chi connectivity index (χ0) is 16.6. The molecule has 7 nitrogen and oxygen atoms in total. The van der Waals surface area contributed by atoms with E-state index in [2.05, 4.69) is 15.5 Å². The Kier molecular flexibility index (Phi) is 4.23. The van der Waals surface area contributed by atoms with Gasteiger partial charge in [-0.05, 0) is 12.1 Å². The van der Waals surface area contributed by atoms with Crippen molar-refractivity contribution in [3.63, 3.8) is 0 Å². The van der Waals surface area contributed by atoms with Gasteiger partial charge in [-0.15, -0.1) is 0 Å². The van der Waals surface area contributed by atoms with Crippen LogP contribution < -0.4 is 11.2 Å². The molecule has 1 atom stereocenters. The van der Waals surface area contributed by atoms with E-state index in [1.807, 2.05) is 19.3 Å². The third-order valence-electron chi connectivity index (χ3n) is 4.56. The summed E-state index contributed by atoms with van der Waals surface area (Å²) >= 11 is 0. The van der Waals surface area contributed by atoms with Gasteiger partial charge in [0.15, 0.2) is 0 Å². The molecule has 0 saturated carbocycles. The smallest absolute Gasteiger partial charge is 0.330 e. The van der Waals surface area contributed by atoms with E-state index in [4.69, 9.17) is 4.74 Å². The average Bonchev–Trinajstić information content (AvgIpc) is 2.97. The molecule has 0 aliphatic carbocycles. The second-order valence-corrected chi connectivity index (χ2v) is 5.98.